The number of hydrogen-bond donors (Lipinski definition) is 2. The summed E-state index contributed by atoms with van der Waals surface area (Å²) in [5, 5.41) is 13.6. The standard InChI is InChI=1S/C19H30N4O3.HI/c1-4-20-18(21-14-17(24)16-8-6-15(3)7-9-16)22-10-12-23(13-11-22)19(25)26-5-2;/h6-9,17,24H,4-5,10-14H2,1-3H3,(H,20,21);1H. The number of piperazine rings is 1. The van der Waals surface area contributed by atoms with Crippen LogP contribution >= 0.6 is 24.0 Å². The Morgan fingerprint density at radius 3 is 2.33 bits per heavy atom. The SMILES string of the molecule is CCNC(=NCC(O)c1ccc(C)cc1)N1CCN(C(=O)OCC)CC1.I. The van der Waals surface area contributed by atoms with E-state index in [0.29, 0.717) is 39.3 Å². The van der Waals surface area contributed by atoms with Gasteiger partial charge < -0.3 is 25.0 Å². The lowest BCUT2D eigenvalue weighted by molar-refractivity contribution is 0.0914. The minimum Gasteiger partial charge on any atom is -0.450 e. The molecule has 1 unspecified atom stereocenters. The minimum absolute atomic E-state index is 0. The molecular weight excluding hydrogens is 459 g/mol. The number of aliphatic hydroxyl groups is 1. The van der Waals surface area contributed by atoms with Crippen LogP contribution in [0, 0.1) is 6.92 Å². The number of halogens is 1. The van der Waals surface area contributed by atoms with Gasteiger partial charge in [0.2, 0.25) is 0 Å². The molecular formula is C19H31IN4O3. The summed E-state index contributed by atoms with van der Waals surface area (Å²) in [7, 11) is 0. The Kier molecular flexibility index (Phi) is 10.5. The number of nitrogens with zero attached hydrogens (tertiary/aromatic N) is 3. The molecule has 0 aromatic heterocycles. The maximum absolute atomic E-state index is 11.8. The van der Waals surface area contributed by atoms with Gasteiger partial charge in [0, 0.05) is 32.7 Å². The second-order valence-corrected chi connectivity index (χ2v) is 6.29. The fraction of sp³-hybridized carbons (Fsp3) is 0.579. The van der Waals surface area contributed by atoms with E-state index in [1.54, 1.807) is 4.90 Å². The van der Waals surface area contributed by atoms with E-state index in [4.69, 9.17) is 4.74 Å². The van der Waals surface area contributed by atoms with Crippen molar-refractivity contribution in [1.29, 1.82) is 0 Å². The molecule has 0 radical (unpaired) electrons. The number of hydrogen-bond acceptors (Lipinski definition) is 4. The summed E-state index contributed by atoms with van der Waals surface area (Å²) < 4.78 is 5.05. The van der Waals surface area contributed by atoms with Crippen molar-refractivity contribution in [1.82, 2.24) is 15.1 Å². The highest BCUT2D eigenvalue weighted by Crippen LogP contribution is 2.14. The first-order valence-corrected chi connectivity index (χ1v) is 9.24. The van der Waals surface area contributed by atoms with Crippen LogP contribution in [0.4, 0.5) is 4.79 Å². The second-order valence-electron chi connectivity index (χ2n) is 6.29. The Bertz CT molecular complexity index is 601. The maximum atomic E-state index is 11.8. The molecule has 8 heteroatoms. The summed E-state index contributed by atoms with van der Waals surface area (Å²) in [5.41, 5.74) is 2.03. The van der Waals surface area contributed by atoms with Crippen molar-refractivity contribution < 1.29 is 14.6 Å². The number of rotatable bonds is 5. The van der Waals surface area contributed by atoms with E-state index in [-0.39, 0.29) is 30.1 Å². The smallest absolute Gasteiger partial charge is 0.409 e. The zero-order valence-corrected chi connectivity index (χ0v) is 18.7. The van der Waals surface area contributed by atoms with Crippen LogP contribution in [-0.4, -0.2) is 72.8 Å². The fourth-order valence-electron chi connectivity index (χ4n) is 2.81. The summed E-state index contributed by atoms with van der Waals surface area (Å²) in [6, 6.07) is 7.84. The second kappa shape index (κ2) is 12.0. The van der Waals surface area contributed by atoms with Crippen LogP contribution in [-0.2, 0) is 4.74 Å². The number of nitrogens with one attached hydrogen (secondary N) is 1. The van der Waals surface area contributed by atoms with Crippen LogP contribution < -0.4 is 5.32 Å². The van der Waals surface area contributed by atoms with Gasteiger partial charge in [-0.3, -0.25) is 4.99 Å². The molecule has 27 heavy (non-hydrogen) atoms. The molecule has 1 aliphatic heterocycles. The number of carbonyl (C=O) groups excluding carboxylic acids is 1. The van der Waals surface area contributed by atoms with Gasteiger partial charge in [-0.1, -0.05) is 29.8 Å². The van der Waals surface area contributed by atoms with Crippen LogP contribution in [0.3, 0.4) is 0 Å². The number of guanidine groups is 1. The Balaban J connectivity index is 0.00000364. The molecule has 2 N–H and O–H groups in total. The van der Waals surface area contributed by atoms with E-state index < -0.39 is 6.10 Å². The van der Waals surface area contributed by atoms with Crippen LogP contribution in [0.1, 0.15) is 31.1 Å². The van der Waals surface area contributed by atoms with Crippen molar-refractivity contribution in [2.75, 3.05) is 45.9 Å². The Morgan fingerprint density at radius 2 is 1.78 bits per heavy atom. The summed E-state index contributed by atoms with van der Waals surface area (Å²) in [5.74, 6) is 0.766. The predicted octanol–water partition coefficient (Wildman–Crippen LogP) is 2.39. The normalized spacial score (nSPS) is 15.8. The van der Waals surface area contributed by atoms with Gasteiger partial charge in [-0.25, -0.2) is 4.79 Å². The quantitative estimate of drug-likeness (QED) is 0.377. The van der Waals surface area contributed by atoms with Gasteiger partial charge in [0.15, 0.2) is 5.96 Å². The molecule has 0 bridgehead atoms. The van der Waals surface area contributed by atoms with Crippen molar-refractivity contribution in [2.45, 2.75) is 26.9 Å². The first-order valence-electron chi connectivity index (χ1n) is 9.24. The lowest BCUT2D eigenvalue weighted by Gasteiger charge is -2.36. The summed E-state index contributed by atoms with van der Waals surface area (Å²) in [6.45, 7) is 9.85. The molecule has 1 aromatic carbocycles. The number of amides is 1. The van der Waals surface area contributed by atoms with E-state index in [1.807, 2.05) is 45.0 Å². The minimum atomic E-state index is -0.634. The number of aliphatic hydroxyl groups excluding tert-OH is 1. The van der Waals surface area contributed by atoms with Crippen molar-refractivity contribution >= 4 is 36.0 Å². The van der Waals surface area contributed by atoms with Crippen molar-refractivity contribution in [2.24, 2.45) is 4.99 Å². The van der Waals surface area contributed by atoms with Gasteiger partial charge >= 0.3 is 6.09 Å². The zero-order chi connectivity index (χ0) is 18.9. The molecule has 1 heterocycles. The molecule has 1 fully saturated rings. The lowest BCUT2D eigenvalue weighted by atomic mass is 10.1. The van der Waals surface area contributed by atoms with Crippen molar-refractivity contribution in [3.05, 3.63) is 35.4 Å². The monoisotopic (exact) mass is 490 g/mol. The van der Waals surface area contributed by atoms with E-state index >= 15 is 0 Å². The highest BCUT2D eigenvalue weighted by molar-refractivity contribution is 14.0. The molecule has 2 rings (SSSR count). The van der Waals surface area contributed by atoms with Crippen LogP contribution in [0.15, 0.2) is 29.3 Å². The molecule has 1 amide bonds. The first-order chi connectivity index (χ1) is 12.5. The molecule has 1 atom stereocenters. The molecule has 7 nitrogen and oxygen atoms in total. The number of aliphatic imine (C=N–C) groups is 1. The van der Waals surface area contributed by atoms with Gasteiger partial charge in [0.25, 0.3) is 0 Å². The van der Waals surface area contributed by atoms with Crippen molar-refractivity contribution in [3.63, 3.8) is 0 Å². The summed E-state index contributed by atoms with van der Waals surface area (Å²) in [4.78, 5) is 20.2. The number of carbonyl (C=O) groups is 1. The van der Waals surface area contributed by atoms with Crippen molar-refractivity contribution in [3.8, 4) is 0 Å². The molecule has 1 aromatic rings. The van der Waals surface area contributed by atoms with Gasteiger partial charge in [-0.05, 0) is 26.3 Å². The molecule has 0 aliphatic carbocycles. The van der Waals surface area contributed by atoms with Gasteiger partial charge in [-0.2, -0.15) is 0 Å². The van der Waals surface area contributed by atoms with Gasteiger partial charge in [0.1, 0.15) is 0 Å². The third kappa shape index (κ3) is 7.17. The van der Waals surface area contributed by atoms with E-state index in [0.717, 1.165) is 23.6 Å². The maximum Gasteiger partial charge on any atom is 0.409 e. The number of ether oxygens (including phenoxy) is 1. The fourth-order valence-corrected chi connectivity index (χ4v) is 2.81. The van der Waals surface area contributed by atoms with Gasteiger partial charge in [-0.15, -0.1) is 24.0 Å². The molecule has 1 aliphatic rings. The molecule has 1 saturated heterocycles. The van der Waals surface area contributed by atoms with Gasteiger partial charge in [0.05, 0.1) is 19.3 Å². The average molecular weight is 490 g/mol. The Morgan fingerprint density at radius 1 is 1.19 bits per heavy atom. The van der Waals surface area contributed by atoms with Crippen LogP contribution in [0.25, 0.3) is 0 Å². The number of benzene rings is 1. The Hall–Kier alpha value is -1.55. The zero-order valence-electron chi connectivity index (χ0n) is 16.4. The summed E-state index contributed by atoms with van der Waals surface area (Å²) >= 11 is 0. The average Bonchev–Trinajstić information content (AvgIpc) is 2.66. The highest BCUT2D eigenvalue weighted by atomic mass is 127. The van der Waals surface area contributed by atoms with E-state index in [9.17, 15) is 9.90 Å². The Labute approximate surface area is 178 Å². The number of aryl methyl sites for hydroxylation is 1. The third-order valence-corrected chi connectivity index (χ3v) is 4.32. The molecule has 0 saturated carbocycles. The molecule has 0 spiro atoms. The van der Waals surface area contributed by atoms with E-state index in [1.165, 1.54) is 0 Å². The highest BCUT2D eigenvalue weighted by Gasteiger charge is 2.23. The van der Waals surface area contributed by atoms with E-state index in [2.05, 4.69) is 15.2 Å². The topological polar surface area (TPSA) is 77.4 Å². The first kappa shape index (κ1) is 23.5. The predicted molar refractivity (Wildman–Crippen MR) is 118 cm³/mol. The third-order valence-electron chi connectivity index (χ3n) is 4.32. The molecule has 152 valence electrons. The van der Waals surface area contributed by atoms with Crippen LogP contribution in [0.5, 0.6) is 0 Å². The summed E-state index contributed by atoms with van der Waals surface area (Å²) in [6.07, 6.45) is -0.894. The lowest BCUT2D eigenvalue weighted by Crippen LogP contribution is -2.54. The largest absolute Gasteiger partial charge is 0.450 e. The van der Waals surface area contributed by atoms with Crippen LogP contribution in [0.2, 0.25) is 0 Å².